The minimum absolute atomic E-state index is 0.0457. The van der Waals surface area contributed by atoms with Gasteiger partial charge in [0.2, 0.25) is 0 Å². The van der Waals surface area contributed by atoms with Gasteiger partial charge in [-0.3, -0.25) is 4.79 Å². The van der Waals surface area contributed by atoms with Crippen LogP contribution in [0.25, 0.3) is 0 Å². The van der Waals surface area contributed by atoms with E-state index in [0.29, 0.717) is 24.6 Å². The third-order valence-electron chi connectivity index (χ3n) is 5.85. The minimum atomic E-state index is -0.305. The number of rotatable bonds is 8. The monoisotopic (exact) mass is 484 g/mol. The summed E-state index contributed by atoms with van der Waals surface area (Å²) in [5.74, 6) is -0.256. The van der Waals surface area contributed by atoms with Gasteiger partial charge in [0.25, 0.3) is 5.91 Å². The van der Waals surface area contributed by atoms with E-state index in [1.54, 1.807) is 7.11 Å². The van der Waals surface area contributed by atoms with E-state index in [-0.39, 0.29) is 30.6 Å². The molecule has 34 heavy (non-hydrogen) atoms. The summed E-state index contributed by atoms with van der Waals surface area (Å²) in [6.07, 6.45) is 0.576. The average Bonchev–Trinajstić information content (AvgIpc) is 3.24. The summed E-state index contributed by atoms with van der Waals surface area (Å²) in [5, 5.41) is 9.73. The zero-order valence-corrected chi connectivity index (χ0v) is 21.2. The Morgan fingerprint density at radius 3 is 2.50 bits per heavy atom. The number of carbonyl (C=O) groups excluding carboxylic acids is 2. The quantitative estimate of drug-likeness (QED) is 0.590. The van der Waals surface area contributed by atoms with E-state index in [4.69, 9.17) is 21.4 Å². The Labute approximate surface area is 206 Å². The molecule has 0 spiro atoms. The van der Waals surface area contributed by atoms with Crippen LogP contribution in [0.4, 0.5) is 4.79 Å². The number of benzene rings is 2. The summed E-state index contributed by atoms with van der Waals surface area (Å²) < 4.78 is 5.15. The molecule has 0 aromatic heterocycles. The number of hydrazone groups is 1. The molecule has 1 aliphatic heterocycles. The Morgan fingerprint density at radius 1 is 1.18 bits per heavy atom. The summed E-state index contributed by atoms with van der Waals surface area (Å²) in [5.41, 5.74) is 5.15. The number of hydrogen-bond acceptors (Lipinski definition) is 4. The maximum atomic E-state index is 13.5. The van der Waals surface area contributed by atoms with Crippen molar-refractivity contribution in [1.82, 2.24) is 15.2 Å². The van der Waals surface area contributed by atoms with Gasteiger partial charge in [-0.05, 0) is 68.1 Å². The van der Waals surface area contributed by atoms with Crippen LogP contribution in [-0.4, -0.2) is 60.4 Å². The van der Waals surface area contributed by atoms with Gasteiger partial charge in [0, 0.05) is 31.1 Å². The van der Waals surface area contributed by atoms with E-state index in [9.17, 15) is 9.59 Å². The van der Waals surface area contributed by atoms with Crippen molar-refractivity contribution >= 4 is 29.3 Å². The van der Waals surface area contributed by atoms with Crippen LogP contribution in [0.2, 0.25) is 5.02 Å². The Hall–Kier alpha value is -2.90. The van der Waals surface area contributed by atoms with Crippen LogP contribution in [0, 0.1) is 13.8 Å². The number of amides is 3. The van der Waals surface area contributed by atoms with Gasteiger partial charge in [0.05, 0.1) is 18.4 Å². The number of carbonyl (C=O) groups is 2. The fraction of sp³-hybridized carbons (Fsp3) is 0.423. The van der Waals surface area contributed by atoms with Crippen LogP contribution in [0.1, 0.15) is 48.6 Å². The topological polar surface area (TPSA) is 74.2 Å². The predicted molar refractivity (Wildman–Crippen MR) is 135 cm³/mol. The second-order valence-electron chi connectivity index (χ2n) is 8.87. The maximum Gasteiger partial charge on any atom is 0.318 e. The maximum absolute atomic E-state index is 13.5. The SMILES string of the molecule is COCCN(CC(=O)N1N=C(c2ccc(C)c(C)c2)CC1c1ccc(Cl)cc1)C(=O)NC(C)C. The first-order chi connectivity index (χ1) is 16.2. The normalized spacial score (nSPS) is 15.4. The van der Waals surface area contributed by atoms with Crippen molar-refractivity contribution in [3.05, 3.63) is 69.7 Å². The van der Waals surface area contributed by atoms with E-state index in [1.807, 2.05) is 44.2 Å². The van der Waals surface area contributed by atoms with Gasteiger partial charge in [-0.2, -0.15) is 5.10 Å². The first kappa shape index (κ1) is 25.7. The first-order valence-electron chi connectivity index (χ1n) is 11.5. The number of nitrogens with one attached hydrogen (secondary N) is 1. The van der Waals surface area contributed by atoms with Crippen LogP contribution >= 0.6 is 11.6 Å². The second kappa shape index (κ2) is 11.5. The molecule has 0 fully saturated rings. The van der Waals surface area contributed by atoms with Gasteiger partial charge in [0.1, 0.15) is 6.54 Å². The Balaban J connectivity index is 1.90. The van der Waals surface area contributed by atoms with Crippen molar-refractivity contribution in [3.63, 3.8) is 0 Å². The van der Waals surface area contributed by atoms with Gasteiger partial charge in [-0.15, -0.1) is 0 Å². The van der Waals surface area contributed by atoms with Crippen molar-refractivity contribution < 1.29 is 14.3 Å². The third-order valence-corrected chi connectivity index (χ3v) is 6.10. The molecule has 8 heteroatoms. The molecule has 3 rings (SSSR count). The predicted octanol–water partition coefficient (Wildman–Crippen LogP) is 4.70. The Bertz CT molecular complexity index is 1050. The Morgan fingerprint density at radius 2 is 1.88 bits per heavy atom. The zero-order valence-electron chi connectivity index (χ0n) is 20.5. The number of hydrogen-bond donors (Lipinski definition) is 1. The number of urea groups is 1. The molecule has 1 aliphatic rings. The highest BCUT2D eigenvalue weighted by molar-refractivity contribution is 6.30. The van der Waals surface area contributed by atoms with E-state index in [0.717, 1.165) is 16.8 Å². The highest BCUT2D eigenvalue weighted by atomic mass is 35.5. The molecule has 0 saturated heterocycles. The van der Waals surface area contributed by atoms with Crippen LogP contribution in [-0.2, 0) is 9.53 Å². The highest BCUT2D eigenvalue weighted by Gasteiger charge is 2.34. The molecule has 0 saturated carbocycles. The molecule has 1 N–H and O–H groups in total. The molecule has 2 aromatic carbocycles. The van der Waals surface area contributed by atoms with Gasteiger partial charge >= 0.3 is 6.03 Å². The summed E-state index contributed by atoms with van der Waals surface area (Å²) in [6.45, 7) is 8.42. The number of methoxy groups -OCH3 is 1. The highest BCUT2D eigenvalue weighted by Crippen LogP contribution is 2.33. The third kappa shape index (κ3) is 6.36. The average molecular weight is 485 g/mol. The first-order valence-corrected chi connectivity index (χ1v) is 11.8. The largest absolute Gasteiger partial charge is 0.383 e. The molecule has 3 amide bonds. The van der Waals surface area contributed by atoms with Crippen molar-refractivity contribution in [2.75, 3.05) is 26.8 Å². The number of aryl methyl sites for hydroxylation is 2. The lowest BCUT2D eigenvalue weighted by atomic mass is 9.96. The summed E-state index contributed by atoms with van der Waals surface area (Å²) in [4.78, 5) is 27.6. The molecular formula is C26H33ClN4O3. The lowest BCUT2D eigenvalue weighted by Crippen LogP contribution is -2.48. The van der Waals surface area contributed by atoms with Crippen LogP contribution in [0.3, 0.4) is 0 Å². The van der Waals surface area contributed by atoms with Crippen molar-refractivity contribution in [2.24, 2.45) is 5.10 Å². The molecule has 0 aliphatic carbocycles. The van der Waals surface area contributed by atoms with Gasteiger partial charge < -0.3 is 15.0 Å². The fourth-order valence-corrected chi connectivity index (χ4v) is 3.93. The minimum Gasteiger partial charge on any atom is -0.383 e. The summed E-state index contributed by atoms with van der Waals surface area (Å²) in [7, 11) is 1.57. The standard InChI is InChI=1S/C26H33ClN4O3/c1-17(2)28-26(33)30(12-13-34-5)16-25(32)31-24(20-8-10-22(27)11-9-20)15-23(29-31)21-7-6-18(3)19(4)14-21/h6-11,14,17,24H,12-13,15-16H2,1-5H3,(H,28,33). The lowest BCUT2D eigenvalue weighted by molar-refractivity contribution is -0.133. The van der Waals surface area contributed by atoms with Crippen molar-refractivity contribution in [1.29, 1.82) is 0 Å². The lowest BCUT2D eigenvalue weighted by Gasteiger charge is -2.27. The Kier molecular flexibility index (Phi) is 8.69. The molecule has 7 nitrogen and oxygen atoms in total. The molecule has 1 heterocycles. The van der Waals surface area contributed by atoms with E-state index >= 15 is 0 Å². The number of nitrogens with zero attached hydrogens (tertiary/aromatic N) is 3. The van der Waals surface area contributed by atoms with Gasteiger partial charge in [0.15, 0.2) is 0 Å². The van der Waals surface area contributed by atoms with Crippen LogP contribution in [0.5, 0.6) is 0 Å². The van der Waals surface area contributed by atoms with E-state index in [1.165, 1.54) is 21.0 Å². The summed E-state index contributed by atoms with van der Waals surface area (Å²) >= 11 is 6.10. The van der Waals surface area contributed by atoms with Crippen LogP contribution in [0.15, 0.2) is 47.6 Å². The van der Waals surface area contributed by atoms with Gasteiger partial charge in [-0.25, -0.2) is 9.80 Å². The second-order valence-corrected chi connectivity index (χ2v) is 9.31. The fourth-order valence-electron chi connectivity index (χ4n) is 3.81. The number of halogens is 1. The van der Waals surface area contributed by atoms with E-state index < -0.39 is 0 Å². The molecule has 1 unspecified atom stereocenters. The smallest absolute Gasteiger partial charge is 0.318 e. The van der Waals surface area contributed by atoms with Crippen molar-refractivity contribution in [2.45, 2.75) is 46.2 Å². The molecule has 0 radical (unpaired) electrons. The molecule has 0 bridgehead atoms. The molecular weight excluding hydrogens is 452 g/mol. The summed E-state index contributed by atoms with van der Waals surface area (Å²) in [6, 6.07) is 13.0. The zero-order chi connectivity index (χ0) is 24.8. The van der Waals surface area contributed by atoms with E-state index in [2.05, 4.69) is 31.3 Å². The molecule has 2 aromatic rings. The van der Waals surface area contributed by atoms with Gasteiger partial charge in [-0.1, -0.05) is 35.9 Å². The van der Waals surface area contributed by atoms with Crippen LogP contribution < -0.4 is 5.32 Å². The number of ether oxygens (including phenoxy) is 1. The molecule has 182 valence electrons. The molecule has 1 atom stereocenters. The van der Waals surface area contributed by atoms with Crippen molar-refractivity contribution in [3.8, 4) is 0 Å².